The smallest absolute Gasteiger partial charge is 0.335 e. The fourth-order valence-electron chi connectivity index (χ4n) is 0.989. The summed E-state index contributed by atoms with van der Waals surface area (Å²) >= 11 is 3.23. The highest BCUT2D eigenvalue weighted by atomic mass is 79.9. The van der Waals surface area contributed by atoms with Crippen LogP contribution in [0.2, 0.25) is 0 Å². The topological polar surface area (TPSA) is 46.5 Å². The van der Waals surface area contributed by atoms with E-state index in [-0.39, 0.29) is 5.56 Å². The summed E-state index contributed by atoms with van der Waals surface area (Å²) in [6.45, 7) is 2.59. The number of hydrogen-bond donors (Lipinski definition) is 1. The number of ether oxygens (including phenoxy) is 1. The van der Waals surface area contributed by atoms with Crippen molar-refractivity contribution in [3.8, 4) is 5.75 Å². The fraction of sp³-hybridized carbons (Fsp3) is 0.300. The van der Waals surface area contributed by atoms with Gasteiger partial charge in [-0.05, 0) is 24.6 Å². The van der Waals surface area contributed by atoms with E-state index < -0.39 is 5.97 Å². The Hall–Kier alpha value is -1.03. The Morgan fingerprint density at radius 1 is 1.50 bits per heavy atom. The molecule has 0 aliphatic rings. The van der Waals surface area contributed by atoms with E-state index in [9.17, 15) is 4.79 Å². The molecular formula is C10H11BrO3. The Morgan fingerprint density at radius 2 is 2.21 bits per heavy atom. The minimum atomic E-state index is -0.951. The lowest BCUT2D eigenvalue weighted by atomic mass is 10.2. The molecule has 0 unspecified atom stereocenters. The molecule has 0 bridgehead atoms. The summed E-state index contributed by atoms with van der Waals surface area (Å²) in [4.78, 5) is 10.7. The summed E-state index contributed by atoms with van der Waals surface area (Å²) in [5.41, 5.74) is 0.227. The van der Waals surface area contributed by atoms with Crippen molar-refractivity contribution in [2.75, 3.05) is 6.61 Å². The van der Waals surface area contributed by atoms with Crippen LogP contribution in [0.15, 0.2) is 22.7 Å². The van der Waals surface area contributed by atoms with Gasteiger partial charge in [0.1, 0.15) is 5.75 Å². The first-order valence-electron chi connectivity index (χ1n) is 4.30. The molecule has 1 aromatic carbocycles. The second-order valence-corrected chi connectivity index (χ2v) is 3.74. The van der Waals surface area contributed by atoms with Crippen LogP contribution in [0.5, 0.6) is 5.75 Å². The summed E-state index contributed by atoms with van der Waals surface area (Å²) in [7, 11) is 0. The number of carbonyl (C=O) groups is 1. The van der Waals surface area contributed by atoms with Gasteiger partial charge in [0.2, 0.25) is 0 Å². The molecule has 0 aliphatic heterocycles. The molecule has 0 saturated heterocycles. The SMILES string of the molecule is CCCOc1cc(Br)cc(C(=O)O)c1. The Labute approximate surface area is 90.8 Å². The largest absolute Gasteiger partial charge is 0.494 e. The predicted molar refractivity (Wildman–Crippen MR) is 56.9 cm³/mol. The molecule has 0 aliphatic carbocycles. The van der Waals surface area contributed by atoms with Gasteiger partial charge in [-0.15, -0.1) is 0 Å². The van der Waals surface area contributed by atoms with Crippen molar-refractivity contribution in [2.24, 2.45) is 0 Å². The summed E-state index contributed by atoms with van der Waals surface area (Å²) in [6.07, 6.45) is 0.898. The molecule has 76 valence electrons. The summed E-state index contributed by atoms with van der Waals surface area (Å²) in [5, 5.41) is 8.78. The van der Waals surface area contributed by atoms with E-state index in [0.29, 0.717) is 16.8 Å². The summed E-state index contributed by atoms with van der Waals surface area (Å²) in [5.74, 6) is -0.369. The zero-order valence-electron chi connectivity index (χ0n) is 7.79. The molecule has 14 heavy (non-hydrogen) atoms. The van der Waals surface area contributed by atoms with E-state index in [2.05, 4.69) is 15.9 Å². The molecule has 0 heterocycles. The lowest BCUT2D eigenvalue weighted by molar-refractivity contribution is 0.0696. The number of halogens is 1. The normalized spacial score (nSPS) is 9.86. The molecule has 1 N–H and O–H groups in total. The van der Waals surface area contributed by atoms with E-state index in [1.807, 2.05) is 6.92 Å². The average Bonchev–Trinajstić information content (AvgIpc) is 2.14. The molecule has 4 heteroatoms. The van der Waals surface area contributed by atoms with Crippen LogP contribution in [0.25, 0.3) is 0 Å². The van der Waals surface area contributed by atoms with Gasteiger partial charge in [0, 0.05) is 4.47 Å². The van der Waals surface area contributed by atoms with Crippen LogP contribution in [0.3, 0.4) is 0 Å². The highest BCUT2D eigenvalue weighted by Crippen LogP contribution is 2.21. The van der Waals surface area contributed by atoms with Gasteiger partial charge in [-0.25, -0.2) is 4.79 Å². The summed E-state index contributed by atoms with van der Waals surface area (Å²) < 4.78 is 6.05. The minimum Gasteiger partial charge on any atom is -0.494 e. The van der Waals surface area contributed by atoms with Crippen LogP contribution >= 0.6 is 15.9 Å². The van der Waals surface area contributed by atoms with Crippen molar-refractivity contribution < 1.29 is 14.6 Å². The van der Waals surface area contributed by atoms with Crippen molar-refractivity contribution in [3.05, 3.63) is 28.2 Å². The van der Waals surface area contributed by atoms with Crippen molar-refractivity contribution in [1.82, 2.24) is 0 Å². The molecule has 0 spiro atoms. The van der Waals surface area contributed by atoms with E-state index >= 15 is 0 Å². The van der Waals surface area contributed by atoms with Crippen molar-refractivity contribution in [3.63, 3.8) is 0 Å². The Kier molecular flexibility index (Phi) is 3.95. The van der Waals surface area contributed by atoms with Crippen LogP contribution in [0, 0.1) is 0 Å². The van der Waals surface area contributed by atoms with Crippen LogP contribution in [0.4, 0.5) is 0 Å². The molecule has 0 atom stereocenters. The number of carboxylic acid groups (broad SMARTS) is 1. The van der Waals surface area contributed by atoms with Crippen molar-refractivity contribution in [1.29, 1.82) is 0 Å². The first-order valence-corrected chi connectivity index (χ1v) is 5.09. The Morgan fingerprint density at radius 3 is 2.79 bits per heavy atom. The number of hydrogen-bond acceptors (Lipinski definition) is 2. The number of aromatic carboxylic acids is 1. The minimum absolute atomic E-state index is 0.227. The van der Waals surface area contributed by atoms with Crippen molar-refractivity contribution >= 4 is 21.9 Å². The third-order valence-electron chi connectivity index (χ3n) is 1.59. The zero-order chi connectivity index (χ0) is 10.6. The van der Waals surface area contributed by atoms with Gasteiger partial charge in [-0.2, -0.15) is 0 Å². The summed E-state index contributed by atoms with van der Waals surface area (Å²) in [6, 6.07) is 4.81. The zero-order valence-corrected chi connectivity index (χ0v) is 9.37. The standard InChI is InChI=1S/C10H11BrO3/c1-2-3-14-9-5-7(10(12)13)4-8(11)6-9/h4-6H,2-3H2,1H3,(H,12,13). The van der Waals surface area contributed by atoms with Gasteiger partial charge < -0.3 is 9.84 Å². The number of carboxylic acids is 1. The highest BCUT2D eigenvalue weighted by molar-refractivity contribution is 9.10. The third-order valence-corrected chi connectivity index (χ3v) is 2.05. The first kappa shape index (κ1) is 11.0. The average molecular weight is 259 g/mol. The maximum atomic E-state index is 10.7. The maximum absolute atomic E-state index is 10.7. The Balaban J connectivity index is 2.89. The first-order chi connectivity index (χ1) is 6.63. The van der Waals surface area contributed by atoms with E-state index in [0.717, 1.165) is 6.42 Å². The van der Waals surface area contributed by atoms with Gasteiger partial charge in [0.05, 0.1) is 12.2 Å². The van der Waals surface area contributed by atoms with Gasteiger partial charge in [0.15, 0.2) is 0 Å². The molecule has 1 aromatic rings. The second-order valence-electron chi connectivity index (χ2n) is 2.83. The fourth-order valence-corrected chi connectivity index (χ4v) is 1.46. The molecule has 0 radical (unpaired) electrons. The van der Waals surface area contributed by atoms with Crippen molar-refractivity contribution in [2.45, 2.75) is 13.3 Å². The van der Waals surface area contributed by atoms with Gasteiger partial charge in [-0.1, -0.05) is 22.9 Å². The predicted octanol–water partition coefficient (Wildman–Crippen LogP) is 2.94. The van der Waals surface area contributed by atoms with E-state index in [4.69, 9.17) is 9.84 Å². The molecular weight excluding hydrogens is 248 g/mol. The second kappa shape index (κ2) is 5.00. The van der Waals surface area contributed by atoms with Crippen LogP contribution in [-0.4, -0.2) is 17.7 Å². The van der Waals surface area contributed by atoms with E-state index in [1.165, 1.54) is 6.07 Å². The van der Waals surface area contributed by atoms with Gasteiger partial charge >= 0.3 is 5.97 Å². The van der Waals surface area contributed by atoms with Crippen LogP contribution < -0.4 is 4.74 Å². The molecule has 0 saturated carbocycles. The molecule has 1 rings (SSSR count). The quantitative estimate of drug-likeness (QED) is 0.904. The lowest BCUT2D eigenvalue weighted by Gasteiger charge is -2.05. The third kappa shape index (κ3) is 3.03. The monoisotopic (exact) mass is 258 g/mol. The molecule has 0 fully saturated rings. The molecule has 3 nitrogen and oxygen atoms in total. The number of rotatable bonds is 4. The molecule has 0 aromatic heterocycles. The van der Waals surface area contributed by atoms with Gasteiger partial charge in [0.25, 0.3) is 0 Å². The molecule has 0 amide bonds. The van der Waals surface area contributed by atoms with Crippen LogP contribution in [-0.2, 0) is 0 Å². The highest BCUT2D eigenvalue weighted by Gasteiger charge is 2.06. The van der Waals surface area contributed by atoms with E-state index in [1.54, 1.807) is 12.1 Å². The van der Waals surface area contributed by atoms with Gasteiger partial charge in [-0.3, -0.25) is 0 Å². The maximum Gasteiger partial charge on any atom is 0.335 e. The Bertz CT molecular complexity index is 336. The lowest BCUT2D eigenvalue weighted by Crippen LogP contribution is -1.99. The van der Waals surface area contributed by atoms with Crippen LogP contribution in [0.1, 0.15) is 23.7 Å². The number of benzene rings is 1.